The zero-order chi connectivity index (χ0) is 21.0. The highest BCUT2D eigenvalue weighted by atomic mass is 16.2. The van der Waals surface area contributed by atoms with Crippen LogP contribution in [0.4, 0.5) is 5.82 Å². The molecule has 0 saturated carbocycles. The lowest BCUT2D eigenvalue weighted by Crippen LogP contribution is -2.29. The molecule has 1 aliphatic rings. The maximum atomic E-state index is 12.0. The lowest BCUT2D eigenvalue weighted by Gasteiger charge is -2.23. The van der Waals surface area contributed by atoms with Gasteiger partial charge in [0.05, 0.1) is 11.7 Å². The predicted molar refractivity (Wildman–Crippen MR) is 117 cm³/mol. The number of anilines is 1. The Kier molecular flexibility index (Phi) is 6.85. The third kappa shape index (κ3) is 5.32. The molecule has 0 unspecified atom stereocenters. The first-order valence-corrected chi connectivity index (χ1v) is 10.5. The largest absolute Gasteiger partial charge is 0.373 e. The average Bonchev–Trinajstić information content (AvgIpc) is 3.18. The van der Waals surface area contributed by atoms with Crippen molar-refractivity contribution in [2.75, 3.05) is 26.0 Å². The van der Waals surface area contributed by atoms with Crippen LogP contribution in [0.3, 0.4) is 0 Å². The van der Waals surface area contributed by atoms with E-state index in [1.54, 1.807) is 6.92 Å². The van der Waals surface area contributed by atoms with E-state index in [0.717, 1.165) is 49.8 Å². The van der Waals surface area contributed by atoms with Crippen molar-refractivity contribution >= 4 is 11.7 Å². The number of nitrogens with zero attached hydrogens (tertiary/aromatic N) is 4. The van der Waals surface area contributed by atoms with Crippen LogP contribution in [-0.2, 0) is 17.9 Å². The summed E-state index contributed by atoms with van der Waals surface area (Å²) in [5, 5.41) is 3.14. The fraction of sp³-hybridized carbons (Fsp3) is 0.522. The van der Waals surface area contributed by atoms with Crippen molar-refractivity contribution in [1.29, 1.82) is 0 Å². The maximum Gasteiger partial charge on any atom is 0.220 e. The molecule has 29 heavy (non-hydrogen) atoms. The molecule has 1 aromatic heterocycles. The molecule has 1 N–H and O–H groups in total. The molecule has 0 spiro atoms. The molecule has 1 aliphatic heterocycles. The van der Waals surface area contributed by atoms with Gasteiger partial charge in [-0.3, -0.25) is 9.69 Å². The second kappa shape index (κ2) is 9.35. The fourth-order valence-electron chi connectivity index (χ4n) is 3.94. The molecule has 2 heterocycles. The molecule has 2 aromatic rings. The van der Waals surface area contributed by atoms with Gasteiger partial charge in [-0.15, -0.1) is 0 Å². The normalized spacial score (nSPS) is 16.7. The highest BCUT2D eigenvalue weighted by molar-refractivity contribution is 5.74. The van der Waals surface area contributed by atoms with Gasteiger partial charge in [0, 0.05) is 39.7 Å². The van der Waals surface area contributed by atoms with Gasteiger partial charge >= 0.3 is 0 Å². The zero-order valence-corrected chi connectivity index (χ0v) is 18.3. The van der Waals surface area contributed by atoms with Crippen LogP contribution in [0.1, 0.15) is 68.2 Å². The standard InChI is InChI=1S/C23H33N5O/c1-16(2)19-10-8-18(9-11-19)14-27(5)15-20-13-22(24-4)26-23(25-20)21-7-6-12-28(21)17(3)29/h8-11,13,16,21H,6-7,12,14-15H2,1-5H3,(H,24,25,26)/t21-/m1/s1. The predicted octanol–water partition coefficient (Wildman–Crippen LogP) is 3.96. The van der Waals surface area contributed by atoms with Crippen molar-refractivity contribution < 1.29 is 4.79 Å². The van der Waals surface area contributed by atoms with Crippen molar-refractivity contribution in [1.82, 2.24) is 19.8 Å². The molecular formula is C23H33N5O. The maximum absolute atomic E-state index is 12.0. The molecule has 1 fully saturated rings. The topological polar surface area (TPSA) is 61.4 Å². The second-order valence-corrected chi connectivity index (χ2v) is 8.29. The van der Waals surface area contributed by atoms with Gasteiger partial charge in [0.1, 0.15) is 5.82 Å². The number of carbonyl (C=O) groups excluding carboxylic acids is 1. The van der Waals surface area contributed by atoms with E-state index in [9.17, 15) is 4.79 Å². The summed E-state index contributed by atoms with van der Waals surface area (Å²) in [5.41, 5.74) is 3.62. The van der Waals surface area contributed by atoms with Gasteiger partial charge < -0.3 is 10.2 Å². The van der Waals surface area contributed by atoms with Gasteiger partial charge in [-0.1, -0.05) is 38.1 Å². The number of benzene rings is 1. The van der Waals surface area contributed by atoms with Gasteiger partial charge in [-0.05, 0) is 36.9 Å². The molecular weight excluding hydrogens is 362 g/mol. The van der Waals surface area contributed by atoms with E-state index in [4.69, 9.17) is 4.98 Å². The van der Waals surface area contributed by atoms with Gasteiger partial charge in [-0.2, -0.15) is 0 Å². The first kappa shape index (κ1) is 21.2. The number of aromatic nitrogens is 2. The summed E-state index contributed by atoms with van der Waals surface area (Å²) in [6.07, 6.45) is 1.92. The highest BCUT2D eigenvalue weighted by Crippen LogP contribution is 2.30. The summed E-state index contributed by atoms with van der Waals surface area (Å²) >= 11 is 0. The van der Waals surface area contributed by atoms with Crippen molar-refractivity contribution in [3.63, 3.8) is 0 Å². The van der Waals surface area contributed by atoms with Crippen LogP contribution in [-0.4, -0.2) is 46.3 Å². The minimum Gasteiger partial charge on any atom is -0.373 e. The van der Waals surface area contributed by atoms with Crippen molar-refractivity contribution in [3.05, 3.63) is 53.0 Å². The molecule has 1 atom stereocenters. The van der Waals surface area contributed by atoms with Crippen LogP contribution < -0.4 is 5.32 Å². The minimum atomic E-state index is -0.0200. The number of rotatable bonds is 7. The van der Waals surface area contributed by atoms with E-state index in [1.807, 2.05) is 18.0 Å². The number of hydrogen-bond donors (Lipinski definition) is 1. The molecule has 6 heteroatoms. The molecule has 1 amide bonds. The van der Waals surface area contributed by atoms with E-state index in [2.05, 4.69) is 60.4 Å². The van der Waals surface area contributed by atoms with Crippen LogP contribution in [0.5, 0.6) is 0 Å². The Balaban J connectivity index is 1.73. The Hall–Kier alpha value is -2.47. The Morgan fingerprint density at radius 1 is 1.24 bits per heavy atom. The van der Waals surface area contributed by atoms with E-state index in [1.165, 1.54) is 11.1 Å². The summed E-state index contributed by atoms with van der Waals surface area (Å²) in [6, 6.07) is 10.8. The zero-order valence-electron chi connectivity index (χ0n) is 18.3. The first-order chi connectivity index (χ1) is 13.9. The molecule has 0 aliphatic carbocycles. The van der Waals surface area contributed by atoms with Gasteiger partial charge in [-0.25, -0.2) is 9.97 Å². The SMILES string of the molecule is CNc1cc(CN(C)Cc2ccc(C(C)C)cc2)nc([C@H]2CCCN2C(C)=O)n1. The Morgan fingerprint density at radius 2 is 1.97 bits per heavy atom. The monoisotopic (exact) mass is 395 g/mol. The molecule has 0 radical (unpaired) electrons. The van der Waals surface area contributed by atoms with Crippen molar-refractivity contribution in [2.24, 2.45) is 0 Å². The third-order valence-electron chi connectivity index (χ3n) is 5.54. The molecule has 156 valence electrons. The Bertz CT molecular complexity index is 834. The molecule has 6 nitrogen and oxygen atoms in total. The molecule has 1 saturated heterocycles. The van der Waals surface area contributed by atoms with E-state index in [0.29, 0.717) is 5.92 Å². The van der Waals surface area contributed by atoms with Gasteiger partial charge in [0.15, 0.2) is 5.82 Å². The fourth-order valence-corrected chi connectivity index (χ4v) is 3.94. The third-order valence-corrected chi connectivity index (χ3v) is 5.54. The van der Waals surface area contributed by atoms with E-state index in [-0.39, 0.29) is 11.9 Å². The van der Waals surface area contributed by atoms with Gasteiger partial charge in [0.25, 0.3) is 0 Å². The number of carbonyl (C=O) groups is 1. The Morgan fingerprint density at radius 3 is 2.59 bits per heavy atom. The summed E-state index contributed by atoms with van der Waals surface area (Å²) in [7, 11) is 3.97. The highest BCUT2D eigenvalue weighted by Gasteiger charge is 2.30. The number of hydrogen-bond acceptors (Lipinski definition) is 5. The number of likely N-dealkylation sites (tertiary alicyclic amines) is 1. The first-order valence-electron chi connectivity index (χ1n) is 10.5. The van der Waals surface area contributed by atoms with Gasteiger partial charge in [0.2, 0.25) is 5.91 Å². The van der Waals surface area contributed by atoms with Crippen molar-refractivity contribution in [2.45, 2.75) is 58.7 Å². The molecule has 0 bridgehead atoms. The second-order valence-electron chi connectivity index (χ2n) is 8.29. The van der Waals surface area contributed by atoms with Crippen LogP contribution in [0.2, 0.25) is 0 Å². The summed E-state index contributed by atoms with van der Waals surface area (Å²) in [4.78, 5) is 25.6. The van der Waals surface area contributed by atoms with Crippen molar-refractivity contribution in [3.8, 4) is 0 Å². The summed E-state index contributed by atoms with van der Waals surface area (Å²) in [5.74, 6) is 2.19. The van der Waals surface area contributed by atoms with Crippen LogP contribution in [0.15, 0.2) is 30.3 Å². The van der Waals surface area contributed by atoms with Crippen LogP contribution in [0, 0.1) is 0 Å². The van der Waals surface area contributed by atoms with Crippen LogP contribution >= 0.6 is 0 Å². The molecule has 1 aromatic carbocycles. The number of nitrogens with one attached hydrogen (secondary N) is 1. The van der Waals surface area contributed by atoms with E-state index >= 15 is 0 Å². The minimum absolute atomic E-state index is 0.0200. The summed E-state index contributed by atoms with van der Waals surface area (Å²) < 4.78 is 0. The average molecular weight is 396 g/mol. The lowest BCUT2D eigenvalue weighted by molar-refractivity contribution is -0.129. The lowest BCUT2D eigenvalue weighted by atomic mass is 10.0. The number of amides is 1. The van der Waals surface area contributed by atoms with Crippen LogP contribution in [0.25, 0.3) is 0 Å². The molecule has 3 rings (SSSR count). The summed E-state index contributed by atoms with van der Waals surface area (Å²) in [6.45, 7) is 8.42. The smallest absolute Gasteiger partial charge is 0.220 e. The Labute approximate surface area is 174 Å². The van der Waals surface area contributed by atoms with E-state index < -0.39 is 0 Å². The quantitative estimate of drug-likeness (QED) is 0.769.